The highest BCUT2D eigenvalue weighted by Gasteiger charge is 2.40. The van der Waals surface area contributed by atoms with Gasteiger partial charge in [0.2, 0.25) is 17.7 Å². The first kappa shape index (κ1) is 27.4. The van der Waals surface area contributed by atoms with Crippen molar-refractivity contribution in [3.63, 3.8) is 0 Å². The molecule has 0 saturated carbocycles. The molecule has 2 N–H and O–H groups in total. The van der Waals surface area contributed by atoms with E-state index in [1.54, 1.807) is 44.6 Å². The number of hydrogen-bond acceptors (Lipinski definition) is 8. The van der Waals surface area contributed by atoms with Crippen LogP contribution in [0.4, 0.5) is 5.69 Å². The van der Waals surface area contributed by atoms with Crippen molar-refractivity contribution in [2.75, 3.05) is 39.2 Å². The quantitative estimate of drug-likeness (QED) is 0.341. The van der Waals surface area contributed by atoms with Gasteiger partial charge < -0.3 is 24.4 Å². The zero-order chi connectivity index (χ0) is 28.2. The Morgan fingerprint density at radius 2 is 1.85 bits per heavy atom. The van der Waals surface area contributed by atoms with Crippen LogP contribution in [0.1, 0.15) is 48.0 Å². The van der Waals surface area contributed by atoms with Crippen molar-refractivity contribution >= 4 is 29.3 Å². The van der Waals surface area contributed by atoms with Crippen LogP contribution in [0.2, 0.25) is 0 Å². The lowest BCUT2D eigenvalue weighted by molar-refractivity contribution is -0.137. The summed E-state index contributed by atoms with van der Waals surface area (Å²) in [6.45, 7) is 2.20. The molecular formula is C29H34N4O7. The first-order valence-electron chi connectivity index (χ1n) is 13.5. The molecule has 0 bridgehead atoms. The summed E-state index contributed by atoms with van der Waals surface area (Å²) < 4.78 is 16.7. The van der Waals surface area contributed by atoms with Crippen LogP contribution in [0.5, 0.6) is 17.2 Å². The molecule has 40 heavy (non-hydrogen) atoms. The lowest BCUT2D eigenvalue weighted by Crippen LogP contribution is -2.52. The number of imide groups is 1. The van der Waals surface area contributed by atoms with Gasteiger partial charge in [0.25, 0.3) is 5.91 Å². The maximum Gasteiger partial charge on any atom is 0.255 e. The predicted octanol–water partition coefficient (Wildman–Crippen LogP) is 2.34. The molecule has 2 fully saturated rings. The molecule has 0 radical (unpaired) electrons. The highest BCUT2D eigenvalue weighted by atomic mass is 16.5. The molecule has 212 valence electrons. The number of rotatable bonds is 10. The molecule has 3 heterocycles. The fraction of sp³-hybridized carbons (Fsp3) is 0.448. The SMILES string of the molecule is COc1cc(NC(=O)[C@H]2CCCN2CCCOc2cccc3c2CN(C2CCC(=O)NC2=O)C3=O)cc(OC)c1. The molecule has 2 atom stereocenters. The number of piperidine rings is 1. The third kappa shape index (κ3) is 5.74. The molecule has 11 nitrogen and oxygen atoms in total. The number of benzene rings is 2. The summed E-state index contributed by atoms with van der Waals surface area (Å²) in [5.74, 6) is 0.774. The molecule has 2 saturated heterocycles. The van der Waals surface area contributed by atoms with E-state index in [4.69, 9.17) is 14.2 Å². The van der Waals surface area contributed by atoms with Gasteiger partial charge in [0.15, 0.2) is 0 Å². The number of likely N-dealkylation sites (tertiary alicyclic amines) is 1. The Bertz CT molecular complexity index is 1290. The number of carbonyl (C=O) groups is 4. The van der Waals surface area contributed by atoms with Gasteiger partial charge >= 0.3 is 0 Å². The summed E-state index contributed by atoms with van der Waals surface area (Å²) in [5, 5.41) is 5.32. The van der Waals surface area contributed by atoms with E-state index in [1.807, 2.05) is 6.07 Å². The van der Waals surface area contributed by atoms with E-state index in [1.165, 1.54) is 4.90 Å². The number of fused-ring (bicyclic) bond motifs is 1. The Morgan fingerprint density at radius 1 is 1.07 bits per heavy atom. The Morgan fingerprint density at radius 3 is 2.58 bits per heavy atom. The van der Waals surface area contributed by atoms with Gasteiger partial charge in [0, 0.05) is 48.0 Å². The molecule has 11 heteroatoms. The van der Waals surface area contributed by atoms with E-state index < -0.39 is 11.9 Å². The molecule has 3 aliphatic heterocycles. The smallest absolute Gasteiger partial charge is 0.255 e. The second-order valence-electron chi connectivity index (χ2n) is 10.2. The first-order valence-corrected chi connectivity index (χ1v) is 13.5. The summed E-state index contributed by atoms with van der Waals surface area (Å²) in [6, 6.07) is 9.71. The maximum absolute atomic E-state index is 13.1. The monoisotopic (exact) mass is 550 g/mol. The van der Waals surface area contributed by atoms with Gasteiger partial charge in [0.05, 0.1) is 33.4 Å². The highest BCUT2D eigenvalue weighted by Crippen LogP contribution is 2.34. The molecule has 3 aliphatic rings. The van der Waals surface area contributed by atoms with Crippen molar-refractivity contribution in [3.8, 4) is 17.2 Å². The van der Waals surface area contributed by atoms with E-state index in [2.05, 4.69) is 15.5 Å². The summed E-state index contributed by atoms with van der Waals surface area (Å²) in [6.07, 6.45) is 2.94. The predicted molar refractivity (Wildman–Crippen MR) is 145 cm³/mol. The van der Waals surface area contributed by atoms with Crippen molar-refractivity contribution in [2.24, 2.45) is 0 Å². The Labute approximate surface area is 232 Å². The lowest BCUT2D eigenvalue weighted by atomic mass is 10.0. The molecule has 0 spiro atoms. The standard InChI is InChI=1S/C29H34N4O7/c1-38-19-14-18(15-20(16-19)39-2)30-27(35)23-7-4-11-32(23)12-5-13-40-25-8-3-6-21-22(25)17-33(29(21)37)24-9-10-26(34)31-28(24)36/h3,6,8,14-16,23-24H,4-5,7,9-13,17H2,1-2H3,(H,30,35)(H,31,34,36)/t23-,24?/m1/s1. The van der Waals surface area contributed by atoms with Crippen molar-refractivity contribution < 1.29 is 33.4 Å². The summed E-state index contributed by atoms with van der Waals surface area (Å²) in [5.41, 5.74) is 1.90. The van der Waals surface area contributed by atoms with Crippen LogP contribution in [0.3, 0.4) is 0 Å². The topological polar surface area (TPSA) is 127 Å². The number of hydrogen-bond donors (Lipinski definition) is 2. The van der Waals surface area contributed by atoms with Crippen molar-refractivity contribution in [1.29, 1.82) is 0 Å². The molecule has 4 amide bonds. The molecule has 2 aromatic rings. The van der Waals surface area contributed by atoms with Crippen LogP contribution in [0, 0.1) is 0 Å². The average molecular weight is 551 g/mol. The summed E-state index contributed by atoms with van der Waals surface area (Å²) in [7, 11) is 3.13. The number of carbonyl (C=O) groups excluding carboxylic acids is 4. The molecule has 1 unspecified atom stereocenters. The van der Waals surface area contributed by atoms with Crippen LogP contribution in [0.15, 0.2) is 36.4 Å². The minimum Gasteiger partial charge on any atom is -0.497 e. The van der Waals surface area contributed by atoms with E-state index in [-0.39, 0.29) is 36.7 Å². The van der Waals surface area contributed by atoms with Gasteiger partial charge in [-0.25, -0.2) is 0 Å². The Kier molecular flexibility index (Phi) is 8.20. The van der Waals surface area contributed by atoms with Crippen LogP contribution in [0.25, 0.3) is 0 Å². The summed E-state index contributed by atoms with van der Waals surface area (Å²) >= 11 is 0. The molecule has 0 aromatic heterocycles. The van der Waals surface area contributed by atoms with E-state index in [0.717, 1.165) is 24.9 Å². The summed E-state index contributed by atoms with van der Waals surface area (Å²) in [4.78, 5) is 53.7. The van der Waals surface area contributed by atoms with Gasteiger partial charge in [-0.2, -0.15) is 0 Å². The third-order valence-corrected chi connectivity index (χ3v) is 7.67. The number of ether oxygens (including phenoxy) is 3. The average Bonchev–Trinajstić information content (AvgIpc) is 3.56. The van der Waals surface area contributed by atoms with Crippen molar-refractivity contribution in [1.82, 2.24) is 15.1 Å². The van der Waals surface area contributed by atoms with E-state index in [0.29, 0.717) is 54.5 Å². The van der Waals surface area contributed by atoms with Crippen LogP contribution in [-0.4, -0.2) is 79.4 Å². The number of anilines is 1. The minimum atomic E-state index is -0.665. The number of amides is 4. The van der Waals surface area contributed by atoms with Crippen LogP contribution >= 0.6 is 0 Å². The van der Waals surface area contributed by atoms with E-state index >= 15 is 0 Å². The van der Waals surface area contributed by atoms with Crippen molar-refractivity contribution in [3.05, 3.63) is 47.5 Å². The normalized spacial score (nSPS) is 20.8. The third-order valence-electron chi connectivity index (χ3n) is 7.67. The Balaban J connectivity index is 1.15. The van der Waals surface area contributed by atoms with Gasteiger partial charge in [-0.15, -0.1) is 0 Å². The van der Waals surface area contributed by atoms with Gasteiger partial charge in [-0.05, 0) is 44.4 Å². The van der Waals surface area contributed by atoms with E-state index in [9.17, 15) is 19.2 Å². The second-order valence-corrected chi connectivity index (χ2v) is 10.2. The van der Waals surface area contributed by atoms with Gasteiger partial charge in [0.1, 0.15) is 23.3 Å². The van der Waals surface area contributed by atoms with Crippen LogP contribution < -0.4 is 24.8 Å². The molecule has 0 aliphatic carbocycles. The Hall–Kier alpha value is -4.12. The number of methoxy groups -OCH3 is 2. The second kappa shape index (κ2) is 12.0. The van der Waals surface area contributed by atoms with Gasteiger partial charge in [-0.3, -0.25) is 29.4 Å². The number of nitrogens with one attached hydrogen (secondary N) is 2. The fourth-order valence-corrected chi connectivity index (χ4v) is 5.64. The molecule has 5 rings (SSSR count). The number of nitrogens with zero attached hydrogens (tertiary/aromatic N) is 2. The fourth-order valence-electron chi connectivity index (χ4n) is 5.64. The zero-order valence-electron chi connectivity index (χ0n) is 22.7. The zero-order valence-corrected chi connectivity index (χ0v) is 22.7. The van der Waals surface area contributed by atoms with Gasteiger partial charge in [-0.1, -0.05) is 6.07 Å². The largest absolute Gasteiger partial charge is 0.497 e. The first-order chi connectivity index (χ1) is 19.4. The van der Waals surface area contributed by atoms with Crippen LogP contribution in [-0.2, 0) is 20.9 Å². The molecular weight excluding hydrogens is 516 g/mol. The van der Waals surface area contributed by atoms with Crippen molar-refractivity contribution in [2.45, 2.75) is 50.7 Å². The lowest BCUT2D eigenvalue weighted by Gasteiger charge is -2.29. The molecule has 2 aromatic carbocycles. The maximum atomic E-state index is 13.1. The minimum absolute atomic E-state index is 0.0679. The highest BCUT2D eigenvalue weighted by molar-refractivity contribution is 6.05.